The van der Waals surface area contributed by atoms with E-state index in [9.17, 15) is 4.79 Å². The van der Waals surface area contributed by atoms with Gasteiger partial charge in [0.2, 0.25) is 5.91 Å². The summed E-state index contributed by atoms with van der Waals surface area (Å²) in [6, 6.07) is 18.4. The lowest BCUT2D eigenvalue weighted by molar-refractivity contribution is -0.117. The summed E-state index contributed by atoms with van der Waals surface area (Å²) in [6.45, 7) is 8.63. The molecular weight excluding hydrogens is 294 g/mol. The molecule has 126 valence electrons. The van der Waals surface area contributed by atoms with Crippen molar-refractivity contribution < 1.29 is 4.79 Å². The van der Waals surface area contributed by atoms with Crippen molar-refractivity contribution in [1.82, 2.24) is 5.32 Å². The Balaban J connectivity index is 2.08. The Kier molecular flexibility index (Phi) is 6.36. The van der Waals surface area contributed by atoms with Crippen LogP contribution in [-0.4, -0.2) is 5.91 Å². The Hall–Kier alpha value is -2.35. The lowest BCUT2D eigenvalue weighted by Crippen LogP contribution is -2.30. The molecule has 0 aliphatic rings. The third-order valence-electron chi connectivity index (χ3n) is 4.15. The van der Waals surface area contributed by atoms with E-state index in [1.54, 1.807) is 6.08 Å². The minimum Gasteiger partial charge on any atom is -0.345 e. The van der Waals surface area contributed by atoms with Gasteiger partial charge in [0.1, 0.15) is 0 Å². The Labute approximate surface area is 145 Å². The molecule has 0 bridgehead atoms. The molecule has 0 aliphatic heterocycles. The van der Waals surface area contributed by atoms with E-state index in [-0.39, 0.29) is 11.9 Å². The molecule has 0 fully saturated rings. The molecule has 2 aromatic rings. The van der Waals surface area contributed by atoms with Gasteiger partial charge in [-0.1, -0.05) is 82.3 Å². The van der Waals surface area contributed by atoms with E-state index in [1.807, 2.05) is 36.4 Å². The third-order valence-corrected chi connectivity index (χ3v) is 4.15. The smallest absolute Gasteiger partial charge is 0.244 e. The van der Waals surface area contributed by atoms with Crippen LogP contribution in [0, 0.1) is 5.92 Å². The zero-order chi connectivity index (χ0) is 17.5. The van der Waals surface area contributed by atoms with E-state index in [0.717, 1.165) is 11.1 Å². The Bertz CT molecular complexity index is 669. The van der Waals surface area contributed by atoms with Gasteiger partial charge in [0, 0.05) is 6.08 Å². The van der Waals surface area contributed by atoms with Crippen LogP contribution < -0.4 is 5.32 Å². The van der Waals surface area contributed by atoms with E-state index in [4.69, 9.17) is 0 Å². The molecule has 2 nitrogen and oxygen atoms in total. The van der Waals surface area contributed by atoms with Gasteiger partial charge in [-0.3, -0.25) is 4.79 Å². The fourth-order valence-corrected chi connectivity index (χ4v) is 2.66. The minimum atomic E-state index is -0.0644. The van der Waals surface area contributed by atoms with Crippen LogP contribution in [0.25, 0.3) is 6.08 Å². The summed E-state index contributed by atoms with van der Waals surface area (Å²) < 4.78 is 0. The SMILES string of the molecule is CC(C)c1ccc([C@@H](NC(=O)/C=C/c2ccccc2)C(C)C)cc1. The number of carbonyl (C=O) groups is 1. The van der Waals surface area contributed by atoms with Crippen molar-refractivity contribution in [2.24, 2.45) is 5.92 Å². The normalized spacial score (nSPS) is 12.8. The maximum Gasteiger partial charge on any atom is 0.244 e. The van der Waals surface area contributed by atoms with Crippen LogP contribution in [0.4, 0.5) is 0 Å². The van der Waals surface area contributed by atoms with Gasteiger partial charge in [-0.25, -0.2) is 0 Å². The number of hydrogen-bond donors (Lipinski definition) is 1. The van der Waals surface area contributed by atoms with Crippen molar-refractivity contribution in [3.05, 3.63) is 77.4 Å². The molecule has 0 unspecified atom stereocenters. The summed E-state index contributed by atoms with van der Waals surface area (Å²) in [5.41, 5.74) is 3.49. The van der Waals surface area contributed by atoms with Gasteiger partial charge in [0.05, 0.1) is 6.04 Å². The van der Waals surface area contributed by atoms with Crippen LogP contribution in [0.15, 0.2) is 60.7 Å². The van der Waals surface area contributed by atoms with Gasteiger partial charge >= 0.3 is 0 Å². The van der Waals surface area contributed by atoms with Crippen LogP contribution in [0.1, 0.15) is 56.3 Å². The summed E-state index contributed by atoms with van der Waals surface area (Å²) in [4.78, 5) is 12.3. The van der Waals surface area contributed by atoms with Crippen LogP contribution in [-0.2, 0) is 4.79 Å². The van der Waals surface area contributed by atoms with Crippen LogP contribution in [0.5, 0.6) is 0 Å². The van der Waals surface area contributed by atoms with Crippen molar-refractivity contribution in [3.63, 3.8) is 0 Å². The molecular formula is C22H27NO. The van der Waals surface area contributed by atoms with Gasteiger partial charge in [0.25, 0.3) is 0 Å². The van der Waals surface area contributed by atoms with Gasteiger partial charge in [-0.05, 0) is 34.6 Å². The fourth-order valence-electron chi connectivity index (χ4n) is 2.66. The first-order valence-electron chi connectivity index (χ1n) is 8.61. The standard InChI is InChI=1S/C22H27NO/c1-16(2)19-11-13-20(14-12-19)22(17(3)4)23-21(24)15-10-18-8-6-5-7-9-18/h5-17,22H,1-4H3,(H,23,24)/b15-10+/t22-/m0/s1. The quantitative estimate of drug-likeness (QED) is 0.715. The second-order valence-corrected chi connectivity index (χ2v) is 6.80. The highest BCUT2D eigenvalue weighted by Crippen LogP contribution is 2.24. The molecule has 0 saturated heterocycles. The number of nitrogens with one attached hydrogen (secondary N) is 1. The largest absolute Gasteiger partial charge is 0.345 e. The topological polar surface area (TPSA) is 29.1 Å². The lowest BCUT2D eigenvalue weighted by Gasteiger charge is -2.23. The average molecular weight is 321 g/mol. The van der Waals surface area contributed by atoms with E-state index in [0.29, 0.717) is 11.8 Å². The minimum absolute atomic E-state index is 0.0131. The van der Waals surface area contributed by atoms with Crippen molar-refractivity contribution in [2.45, 2.75) is 39.7 Å². The molecule has 1 atom stereocenters. The summed E-state index contributed by atoms with van der Waals surface area (Å²) in [5, 5.41) is 3.13. The van der Waals surface area contributed by atoms with Gasteiger partial charge in [-0.15, -0.1) is 0 Å². The summed E-state index contributed by atoms with van der Waals surface area (Å²) in [7, 11) is 0. The predicted molar refractivity (Wildman–Crippen MR) is 102 cm³/mol. The number of amides is 1. The number of carbonyl (C=O) groups excluding carboxylic acids is 1. The highest BCUT2D eigenvalue weighted by atomic mass is 16.1. The predicted octanol–water partition coefficient (Wildman–Crippen LogP) is 5.34. The van der Waals surface area contributed by atoms with Crippen molar-refractivity contribution in [2.75, 3.05) is 0 Å². The Morgan fingerprint density at radius 1 is 0.875 bits per heavy atom. The zero-order valence-corrected chi connectivity index (χ0v) is 15.0. The molecule has 0 heterocycles. The summed E-state index contributed by atoms with van der Waals surface area (Å²) >= 11 is 0. The highest BCUT2D eigenvalue weighted by Gasteiger charge is 2.17. The first-order chi connectivity index (χ1) is 11.5. The number of rotatable bonds is 6. The van der Waals surface area contributed by atoms with E-state index in [2.05, 4.69) is 57.3 Å². The fraction of sp³-hybridized carbons (Fsp3) is 0.318. The molecule has 2 rings (SSSR count). The third kappa shape index (κ3) is 5.09. The van der Waals surface area contributed by atoms with Gasteiger partial charge in [-0.2, -0.15) is 0 Å². The number of hydrogen-bond acceptors (Lipinski definition) is 1. The molecule has 2 aromatic carbocycles. The van der Waals surface area contributed by atoms with Gasteiger partial charge in [0.15, 0.2) is 0 Å². The van der Waals surface area contributed by atoms with E-state index in [1.165, 1.54) is 5.56 Å². The van der Waals surface area contributed by atoms with E-state index < -0.39 is 0 Å². The molecule has 1 N–H and O–H groups in total. The van der Waals surface area contributed by atoms with Crippen LogP contribution in [0.3, 0.4) is 0 Å². The Morgan fingerprint density at radius 2 is 1.46 bits per heavy atom. The highest BCUT2D eigenvalue weighted by molar-refractivity contribution is 5.92. The van der Waals surface area contributed by atoms with Crippen LogP contribution in [0.2, 0.25) is 0 Å². The molecule has 1 amide bonds. The maximum absolute atomic E-state index is 12.3. The van der Waals surface area contributed by atoms with E-state index >= 15 is 0 Å². The second-order valence-electron chi connectivity index (χ2n) is 6.80. The number of benzene rings is 2. The summed E-state index contributed by atoms with van der Waals surface area (Å²) in [5.74, 6) is 0.773. The van der Waals surface area contributed by atoms with Gasteiger partial charge < -0.3 is 5.32 Å². The lowest BCUT2D eigenvalue weighted by atomic mass is 9.93. The molecule has 24 heavy (non-hydrogen) atoms. The van der Waals surface area contributed by atoms with Crippen molar-refractivity contribution >= 4 is 12.0 Å². The second kappa shape index (κ2) is 8.49. The first kappa shape index (κ1) is 18.0. The Morgan fingerprint density at radius 3 is 2.00 bits per heavy atom. The molecule has 2 heteroatoms. The van der Waals surface area contributed by atoms with Crippen molar-refractivity contribution in [1.29, 1.82) is 0 Å². The molecule has 0 saturated carbocycles. The first-order valence-corrected chi connectivity index (χ1v) is 8.61. The molecule has 0 aliphatic carbocycles. The molecule has 0 radical (unpaired) electrons. The summed E-state index contributed by atoms with van der Waals surface area (Å²) in [6.07, 6.45) is 3.45. The maximum atomic E-state index is 12.3. The average Bonchev–Trinajstić information content (AvgIpc) is 2.58. The molecule has 0 spiro atoms. The zero-order valence-electron chi connectivity index (χ0n) is 15.0. The molecule has 0 aromatic heterocycles. The van der Waals surface area contributed by atoms with Crippen LogP contribution >= 0.6 is 0 Å². The monoisotopic (exact) mass is 321 g/mol. The van der Waals surface area contributed by atoms with Crippen molar-refractivity contribution in [3.8, 4) is 0 Å².